The van der Waals surface area contributed by atoms with Crippen molar-refractivity contribution in [1.82, 2.24) is 19.0 Å². The second kappa shape index (κ2) is 10.5. The molecule has 0 aliphatic carbocycles. The van der Waals surface area contributed by atoms with Gasteiger partial charge in [0, 0.05) is 13.1 Å². The van der Waals surface area contributed by atoms with E-state index >= 15 is 0 Å². The summed E-state index contributed by atoms with van der Waals surface area (Å²) < 4.78 is 17.9. The third-order valence-electron chi connectivity index (χ3n) is 6.72. The molecule has 0 radical (unpaired) electrons. The number of benzene rings is 2. The molecule has 1 aliphatic heterocycles. The highest BCUT2D eigenvalue weighted by Gasteiger charge is 2.23. The van der Waals surface area contributed by atoms with Gasteiger partial charge in [0.25, 0.3) is 5.56 Å². The maximum absolute atomic E-state index is 13.8. The van der Waals surface area contributed by atoms with E-state index < -0.39 is 5.82 Å². The van der Waals surface area contributed by atoms with E-state index in [1.807, 2.05) is 35.4 Å². The second-order valence-corrected chi connectivity index (χ2v) is 12.1. The topological polar surface area (TPSA) is 60.1 Å². The molecule has 0 bridgehead atoms. The number of fused-ring (bicyclic) bond motifs is 1. The number of piperidine rings is 1. The highest BCUT2D eigenvalue weighted by atomic mass is 32.2. The number of thioether (sulfide) groups is 1. The van der Waals surface area contributed by atoms with Crippen molar-refractivity contribution in [3.05, 3.63) is 73.7 Å². The first-order valence-corrected chi connectivity index (χ1v) is 14.4. The van der Waals surface area contributed by atoms with E-state index in [4.69, 9.17) is 17.2 Å². The van der Waals surface area contributed by atoms with E-state index in [0.717, 1.165) is 42.7 Å². The number of carbonyl (C=O) groups is 1. The summed E-state index contributed by atoms with van der Waals surface area (Å²) >= 11 is 8.11. The van der Waals surface area contributed by atoms with Crippen LogP contribution in [0.25, 0.3) is 21.7 Å². The quantitative estimate of drug-likeness (QED) is 0.170. The predicted molar refractivity (Wildman–Crippen MR) is 151 cm³/mol. The van der Waals surface area contributed by atoms with Crippen molar-refractivity contribution in [3.8, 4) is 11.4 Å². The molecule has 5 rings (SSSR count). The Balaban J connectivity index is 1.62. The van der Waals surface area contributed by atoms with Crippen molar-refractivity contribution in [2.24, 2.45) is 5.92 Å². The maximum Gasteiger partial charge on any atom is 0.278 e. The van der Waals surface area contributed by atoms with Gasteiger partial charge in [-0.1, -0.05) is 47.7 Å². The number of hydrogen-bond donors (Lipinski definition) is 0. The number of halogens is 1. The molecule has 2 aromatic carbocycles. The summed E-state index contributed by atoms with van der Waals surface area (Å²) in [5, 5.41) is 0.370. The van der Waals surface area contributed by atoms with Gasteiger partial charge in [0.15, 0.2) is 14.8 Å². The summed E-state index contributed by atoms with van der Waals surface area (Å²) in [6.45, 7) is 7.72. The molecule has 1 fully saturated rings. The molecule has 6 nitrogen and oxygen atoms in total. The zero-order valence-electron chi connectivity index (χ0n) is 20.9. The van der Waals surface area contributed by atoms with Gasteiger partial charge in [-0.25, -0.2) is 9.37 Å². The van der Waals surface area contributed by atoms with Gasteiger partial charge in [-0.15, -0.1) is 0 Å². The van der Waals surface area contributed by atoms with Gasteiger partial charge in [-0.3, -0.25) is 18.7 Å². The molecule has 1 saturated heterocycles. The van der Waals surface area contributed by atoms with E-state index in [9.17, 15) is 14.0 Å². The smallest absolute Gasteiger partial charge is 0.278 e. The summed E-state index contributed by atoms with van der Waals surface area (Å²) in [5.41, 5.74) is 3.66. The number of likely N-dealkylation sites (tertiary alicyclic amines) is 1. The Hall–Kier alpha value is -2.82. The van der Waals surface area contributed by atoms with Gasteiger partial charge in [0.2, 0.25) is 5.91 Å². The number of aromatic nitrogens is 3. The standard InChI is InChI=1S/C27H27FN4O2S3/c1-16-10-12-30(13-11-16)22(33)15-36-26-29-24-23(25(34)31(26)20-7-5-19(28)6-8-20)37-27(35)32(24)21-9-4-17(2)14-18(21)3/h4-9,14,16H,10-13,15H2,1-3H3. The van der Waals surface area contributed by atoms with Crippen LogP contribution in [0, 0.1) is 29.5 Å². The van der Waals surface area contributed by atoms with Gasteiger partial charge in [0.05, 0.1) is 17.1 Å². The van der Waals surface area contributed by atoms with Crippen molar-refractivity contribution in [3.63, 3.8) is 0 Å². The van der Waals surface area contributed by atoms with E-state index in [-0.39, 0.29) is 17.2 Å². The third kappa shape index (κ3) is 5.15. The number of amides is 1. The molecular formula is C27H27FN4O2S3. The first-order valence-electron chi connectivity index (χ1n) is 12.2. The van der Waals surface area contributed by atoms with Gasteiger partial charge in [-0.2, -0.15) is 0 Å². The summed E-state index contributed by atoms with van der Waals surface area (Å²) in [4.78, 5) is 33.6. The van der Waals surface area contributed by atoms with Crippen LogP contribution in [-0.4, -0.2) is 43.8 Å². The summed E-state index contributed by atoms with van der Waals surface area (Å²) in [5.74, 6) is 0.401. The third-order valence-corrected chi connectivity index (χ3v) is 8.99. The lowest BCUT2D eigenvalue weighted by Crippen LogP contribution is -2.39. The van der Waals surface area contributed by atoms with Crippen LogP contribution in [0.15, 0.2) is 52.4 Å². The van der Waals surface area contributed by atoms with Crippen LogP contribution >= 0.6 is 35.3 Å². The van der Waals surface area contributed by atoms with Crippen LogP contribution in [0.4, 0.5) is 4.39 Å². The molecular weight excluding hydrogens is 528 g/mol. The molecule has 0 saturated carbocycles. The Morgan fingerprint density at radius 2 is 1.84 bits per heavy atom. The van der Waals surface area contributed by atoms with Crippen molar-refractivity contribution in [1.29, 1.82) is 0 Å². The average molecular weight is 555 g/mol. The fraction of sp³-hybridized carbons (Fsp3) is 0.333. The molecule has 37 heavy (non-hydrogen) atoms. The molecule has 0 unspecified atom stereocenters. The number of carbonyl (C=O) groups excluding carboxylic acids is 1. The Morgan fingerprint density at radius 3 is 2.51 bits per heavy atom. The first kappa shape index (κ1) is 25.8. The van der Waals surface area contributed by atoms with Crippen LogP contribution in [0.1, 0.15) is 30.9 Å². The van der Waals surface area contributed by atoms with Crippen molar-refractivity contribution in [2.75, 3.05) is 18.8 Å². The van der Waals surface area contributed by atoms with E-state index in [1.54, 1.807) is 12.1 Å². The number of thiazole rings is 1. The zero-order chi connectivity index (χ0) is 26.3. The second-order valence-electron chi connectivity index (χ2n) is 9.51. The fourth-order valence-electron chi connectivity index (χ4n) is 4.59. The molecule has 0 spiro atoms. The maximum atomic E-state index is 13.8. The first-order chi connectivity index (χ1) is 17.7. The summed E-state index contributed by atoms with van der Waals surface area (Å²) in [7, 11) is 0. The largest absolute Gasteiger partial charge is 0.342 e. The molecule has 4 aromatic rings. The predicted octanol–water partition coefficient (Wildman–Crippen LogP) is 6.07. The molecule has 192 valence electrons. The number of aryl methyl sites for hydroxylation is 2. The normalized spacial score (nSPS) is 14.4. The van der Waals surface area contributed by atoms with Gasteiger partial charge >= 0.3 is 0 Å². The highest BCUT2D eigenvalue weighted by molar-refractivity contribution is 7.99. The highest BCUT2D eigenvalue weighted by Crippen LogP contribution is 2.29. The Labute approximate surface area is 227 Å². The SMILES string of the molecule is Cc1ccc(-n2c(=S)sc3c(=O)n(-c4ccc(F)cc4)c(SCC(=O)N4CCC(C)CC4)nc32)c(C)c1. The molecule has 0 N–H and O–H groups in total. The molecule has 10 heteroatoms. The van der Waals surface area contributed by atoms with Crippen LogP contribution in [0.5, 0.6) is 0 Å². The average Bonchev–Trinajstić information content (AvgIpc) is 3.20. The molecule has 1 aliphatic rings. The zero-order valence-corrected chi connectivity index (χ0v) is 23.3. The van der Waals surface area contributed by atoms with Gasteiger partial charge < -0.3 is 4.90 Å². The lowest BCUT2D eigenvalue weighted by atomic mass is 9.99. The fourth-order valence-corrected chi connectivity index (χ4v) is 6.79. The number of rotatable bonds is 5. The number of nitrogens with zero attached hydrogens (tertiary/aromatic N) is 4. The van der Waals surface area contributed by atoms with Gasteiger partial charge in [0.1, 0.15) is 10.5 Å². The minimum atomic E-state index is -0.397. The van der Waals surface area contributed by atoms with Crippen LogP contribution in [0.2, 0.25) is 0 Å². The molecule has 3 heterocycles. The summed E-state index contributed by atoms with van der Waals surface area (Å²) in [6.07, 6.45) is 1.99. The van der Waals surface area contributed by atoms with E-state index in [2.05, 4.69) is 13.0 Å². The Morgan fingerprint density at radius 1 is 1.14 bits per heavy atom. The van der Waals surface area contributed by atoms with Crippen LogP contribution in [-0.2, 0) is 4.79 Å². The molecule has 1 amide bonds. The monoisotopic (exact) mass is 554 g/mol. The molecule has 0 atom stereocenters. The summed E-state index contributed by atoms with van der Waals surface area (Å²) in [6, 6.07) is 11.8. The van der Waals surface area contributed by atoms with Crippen molar-refractivity contribution < 1.29 is 9.18 Å². The van der Waals surface area contributed by atoms with E-state index in [1.165, 1.54) is 39.8 Å². The number of hydrogen-bond acceptors (Lipinski definition) is 6. The van der Waals surface area contributed by atoms with Crippen molar-refractivity contribution in [2.45, 2.75) is 38.8 Å². The minimum Gasteiger partial charge on any atom is -0.342 e. The lowest BCUT2D eigenvalue weighted by Gasteiger charge is -2.30. The molecule has 2 aromatic heterocycles. The van der Waals surface area contributed by atoms with E-state index in [0.29, 0.717) is 31.1 Å². The Bertz CT molecular complexity index is 1600. The van der Waals surface area contributed by atoms with Crippen molar-refractivity contribution >= 4 is 51.6 Å². The lowest BCUT2D eigenvalue weighted by molar-refractivity contribution is -0.129. The van der Waals surface area contributed by atoms with Gasteiger partial charge in [-0.05, 0) is 80.7 Å². The van der Waals surface area contributed by atoms with Crippen LogP contribution in [0.3, 0.4) is 0 Å². The van der Waals surface area contributed by atoms with Crippen LogP contribution < -0.4 is 5.56 Å². The Kier molecular flexibility index (Phi) is 7.33. The minimum absolute atomic E-state index is 0.0217.